The van der Waals surface area contributed by atoms with Crippen LogP contribution in [-0.2, 0) is 14.3 Å². The summed E-state index contributed by atoms with van der Waals surface area (Å²) >= 11 is 0. The SMILES string of the molecule is O=C(O)CC(NC(=O)OCC1c2ccccc2-c2ccccc21)C(=O)Nc1ccncc1F. The minimum Gasteiger partial charge on any atom is -0.481 e. The summed E-state index contributed by atoms with van der Waals surface area (Å²) in [5, 5.41) is 13.7. The van der Waals surface area contributed by atoms with Gasteiger partial charge in [0, 0.05) is 12.1 Å². The second-order valence-corrected chi connectivity index (χ2v) is 7.47. The molecule has 3 aromatic rings. The van der Waals surface area contributed by atoms with Gasteiger partial charge in [0.15, 0.2) is 5.82 Å². The number of aromatic nitrogens is 1. The number of carbonyl (C=O) groups excluding carboxylic acids is 2. The lowest BCUT2D eigenvalue weighted by Gasteiger charge is -2.19. The predicted molar refractivity (Wildman–Crippen MR) is 117 cm³/mol. The number of fused-ring (bicyclic) bond motifs is 3. The summed E-state index contributed by atoms with van der Waals surface area (Å²) < 4.78 is 19.1. The van der Waals surface area contributed by atoms with Crippen LogP contribution in [-0.4, -0.2) is 40.7 Å². The summed E-state index contributed by atoms with van der Waals surface area (Å²) in [7, 11) is 0. The average molecular weight is 449 g/mol. The summed E-state index contributed by atoms with van der Waals surface area (Å²) in [6.07, 6.45) is 0.515. The number of aliphatic carboxylic acids is 1. The fourth-order valence-corrected chi connectivity index (χ4v) is 3.86. The standard InChI is InChI=1S/C24H20FN3O5/c25-19-12-26-10-9-20(19)27-23(31)21(11-22(29)30)28-24(32)33-13-18-16-7-3-1-5-14(16)15-6-2-4-8-17(15)18/h1-10,12,18,21H,11,13H2,(H,28,32)(H,29,30)(H,26,27,31). The first kappa shape index (κ1) is 21.9. The number of amides is 2. The van der Waals surface area contributed by atoms with Crippen LogP contribution in [0.3, 0.4) is 0 Å². The van der Waals surface area contributed by atoms with E-state index >= 15 is 0 Å². The molecular formula is C24H20FN3O5. The fraction of sp³-hybridized carbons (Fsp3) is 0.167. The number of alkyl carbamates (subject to hydrolysis) is 1. The van der Waals surface area contributed by atoms with Crippen molar-refractivity contribution < 1.29 is 28.6 Å². The number of anilines is 1. The van der Waals surface area contributed by atoms with E-state index < -0.39 is 36.2 Å². The maximum Gasteiger partial charge on any atom is 0.407 e. The molecule has 2 amide bonds. The summed E-state index contributed by atoms with van der Waals surface area (Å²) in [6, 6.07) is 15.4. The Morgan fingerprint density at radius 3 is 2.27 bits per heavy atom. The van der Waals surface area contributed by atoms with Gasteiger partial charge in [0.25, 0.3) is 0 Å². The summed E-state index contributed by atoms with van der Waals surface area (Å²) in [5.74, 6) is -3.19. The van der Waals surface area contributed by atoms with Crippen LogP contribution in [0.4, 0.5) is 14.9 Å². The molecule has 0 aliphatic heterocycles. The van der Waals surface area contributed by atoms with Gasteiger partial charge in [-0.15, -0.1) is 0 Å². The van der Waals surface area contributed by atoms with E-state index in [0.29, 0.717) is 0 Å². The highest BCUT2D eigenvalue weighted by molar-refractivity contribution is 5.98. The fourth-order valence-electron chi connectivity index (χ4n) is 3.86. The van der Waals surface area contributed by atoms with Gasteiger partial charge < -0.3 is 20.5 Å². The van der Waals surface area contributed by atoms with Gasteiger partial charge in [0.05, 0.1) is 18.3 Å². The molecule has 4 rings (SSSR count). The van der Waals surface area contributed by atoms with Gasteiger partial charge in [-0.3, -0.25) is 14.6 Å². The van der Waals surface area contributed by atoms with Crippen molar-refractivity contribution in [1.82, 2.24) is 10.3 Å². The van der Waals surface area contributed by atoms with Crippen molar-refractivity contribution in [2.45, 2.75) is 18.4 Å². The van der Waals surface area contributed by atoms with E-state index in [0.717, 1.165) is 28.5 Å². The predicted octanol–water partition coefficient (Wildman–Crippen LogP) is 3.54. The topological polar surface area (TPSA) is 118 Å². The monoisotopic (exact) mass is 449 g/mol. The lowest BCUT2D eigenvalue weighted by Crippen LogP contribution is -2.45. The highest BCUT2D eigenvalue weighted by atomic mass is 19.1. The van der Waals surface area contributed by atoms with Crippen molar-refractivity contribution in [2.75, 3.05) is 11.9 Å². The Labute approximate surface area is 188 Å². The normalized spacial score (nSPS) is 12.9. The molecule has 0 saturated heterocycles. The Hall–Kier alpha value is -4.27. The molecule has 0 fully saturated rings. The van der Waals surface area contributed by atoms with Gasteiger partial charge in [0.2, 0.25) is 5.91 Å². The van der Waals surface area contributed by atoms with E-state index in [1.807, 2.05) is 48.5 Å². The maximum atomic E-state index is 13.8. The number of ether oxygens (including phenoxy) is 1. The van der Waals surface area contributed by atoms with Gasteiger partial charge in [-0.25, -0.2) is 9.18 Å². The molecule has 33 heavy (non-hydrogen) atoms. The molecule has 0 spiro atoms. The van der Waals surface area contributed by atoms with Crippen LogP contribution in [0.2, 0.25) is 0 Å². The highest BCUT2D eigenvalue weighted by Crippen LogP contribution is 2.44. The van der Waals surface area contributed by atoms with Crippen LogP contribution in [0.25, 0.3) is 11.1 Å². The average Bonchev–Trinajstić information content (AvgIpc) is 3.12. The van der Waals surface area contributed by atoms with E-state index in [-0.39, 0.29) is 18.2 Å². The zero-order valence-electron chi connectivity index (χ0n) is 17.3. The number of nitrogens with one attached hydrogen (secondary N) is 2. The second-order valence-electron chi connectivity index (χ2n) is 7.47. The summed E-state index contributed by atoms with van der Waals surface area (Å²) in [5.41, 5.74) is 3.97. The summed E-state index contributed by atoms with van der Waals surface area (Å²) in [4.78, 5) is 39.7. The number of halogens is 1. The number of carboxylic acids is 1. The molecule has 0 radical (unpaired) electrons. The van der Waals surface area contributed by atoms with E-state index in [1.54, 1.807) is 0 Å². The zero-order chi connectivity index (χ0) is 23.4. The Morgan fingerprint density at radius 1 is 1.03 bits per heavy atom. The lowest BCUT2D eigenvalue weighted by atomic mass is 9.98. The van der Waals surface area contributed by atoms with Crippen LogP contribution >= 0.6 is 0 Å². The van der Waals surface area contributed by atoms with E-state index in [2.05, 4.69) is 15.6 Å². The molecular weight excluding hydrogens is 429 g/mol. The van der Waals surface area contributed by atoms with Crippen molar-refractivity contribution in [3.05, 3.63) is 83.9 Å². The number of hydrogen-bond acceptors (Lipinski definition) is 5. The molecule has 0 saturated carbocycles. The molecule has 1 aliphatic carbocycles. The number of nitrogens with zero attached hydrogens (tertiary/aromatic N) is 1. The Kier molecular flexibility index (Phi) is 6.30. The number of carboxylic acid groups (broad SMARTS) is 1. The van der Waals surface area contributed by atoms with Gasteiger partial charge in [0.1, 0.15) is 12.6 Å². The maximum absolute atomic E-state index is 13.8. The van der Waals surface area contributed by atoms with Crippen LogP contribution in [0, 0.1) is 5.82 Å². The third kappa shape index (κ3) is 4.82. The molecule has 1 aromatic heterocycles. The smallest absolute Gasteiger partial charge is 0.407 e. The van der Waals surface area contributed by atoms with Gasteiger partial charge in [-0.2, -0.15) is 0 Å². The Morgan fingerprint density at radius 2 is 1.67 bits per heavy atom. The molecule has 0 bridgehead atoms. The van der Waals surface area contributed by atoms with Crippen molar-refractivity contribution >= 4 is 23.7 Å². The third-order valence-corrected chi connectivity index (χ3v) is 5.36. The van der Waals surface area contributed by atoms with Crippen molar-refractivity contribution in [2.24, 2.45) is 0 Å². The van der Waals surface area contributed by atoms with Gasteiger partial charge in [-0.05, 0) is 28.3 Å². The molecule has 1 heterocycles. The first-order valence-electron chi connectivity index (χ1n) is 10.2. The number of carbonyl (C=O) groups is 3. The van der Waals surface area contributed by atoms with Gasteiger partial charge >= 0.3 is 12.1 Å². The lowest BCUT2D eigenvalue weighted by molar-refractivity contribution is -0.139. The molecule has 1 unspecified atom stereocenters. The molecule has 1 aliphatic rings. The van der Waals surface area contributed by atoms with Crippen LogP contribution in [0.5, 0.6) is 0 Å². The van der Waals surface area contributed by atoms with Crippen molar-refractivity contribution in [3.63, 3.8) is 0 Å². The van der Waals surface area contributed by atoms with Crippen molar-refractivity contribution in [3.8, 4) is 11.1 Å². The first-order chi connectivity index (χ1) is 15.9. The van der Waals surface area contributed by atoms with E-state index in [1.165, 1.54) is 12.3 Å². The molecule has 9 heteroatoms. The third-order valence-electron chi connectivity index (χ3n) is 5.36. The Bertz CT molecular complexity index is 1170. The minimum atomic E-state index is -1.47. The van der Waals surface area contributed by atoms with Crippen LogP contribution in [0.1, 0.15) is 23.5 Å². The summed E-state index contributed by atoms with van der Waals surface area (Å²) in [6.45, 7) is 0.000251. The quantitative estimate of drug-likeness (QED) is 0.508. The number of pyridine rings is 1. The molecule has 8 nitrogen and oxygen atoms in total. The van der Waals surface area contributed by atoms with Gasteiger partial charge in [-0.1, -0.05) is 48.5 Å². The minimum absolute atomic E-state index is 0.000251. The number of rotatable bonds is 7. The molecule has 168 valence electrons. The number of benzene rings is 2. The van der Waals surface area contributed by atoms with Crippen LogP contribution < -0.4 is 10.6 Å². The van der Waals surface area contributed by atoms with Crippen molar-refractivity contribution in [1.29, 1.82) is 0 Å². The van der Waals surface area contributed by atoms with E-state index in [9.17, 15) is 18.8 Å². The zero-order valence-corrected chi connectivity index (χ0v) is 17.3. The number of hydrogen-bond donors (Lipinski definition) is 3. The highest BCUT2D eigenvalue weighted by Gasteiger charge is 2.30. The Balaban J connectivity index is 1.43. The molecule has 3 N–H and O–H groups in total. The largest absolute Gasteiger partial charge is 0.481 e. The molecule has 1 atom stereocenters. The molecule has 2 aromatic carbocycles. The first-order valence-corrected chi connectivity index (χ1v) is 10.2. The second kappa shape index (κ2) is 9.47. The van der Waals surface area contributed by atoms with Crippen LogP contribution in [0.15, 0.2) is 67.0 Å². The van der Waals surface area contributed by atoms with E-state index in [4.69, 9.17) is 9.84 Å².